The van der Waals surface area contributed by atoms with Crippen LogP contribution in [0.4, 0.5) is 0 Å². The Hall–Kier alpha value is -2.95. The van der Waals surface area contributed by atoms with E-state index in [9.17, 15) is 19.5 Å². The third-order valence-electron chi connectivity index (χ3n) is 4.50. The molecule has 2 aromatic carbocycles. The second kappa shape index (κ2) is 7.95. The van der Waals surface area contributed by atoms with Crippen molar-refractivity contribution in [3.63, 3.8) is 0 Å². The molecule has 0 spiro atoms. The molecule has 0 bridgehead atoms. The standard InChI is InChI=1S/C21H22O5/c1-21(2,12-6-9-18(22)23)15-10-11-16(20(25)26)17(13-15)19(24)14-7-4-3-5-8-14/h3-5,7-8,10-11,13H,6,9,12H2,1-2H3,(H,22,23)(H,25,26). The van der Waals surface area contributed by atoms with Crippen LogP contribution < -0.4 is 0 Å². The first-order valence-corrected chi connectivity index (χ1v) is 8.42. The van der Waals surface area contributed by atoms with Crippen LogP contribution in [0.15, 0.2) is 48.5 Å². The average molecular weight is 354 g/mol. The highest BCUT2D eigenvalue weighted by Crippen LogP contribution is 2.31. The Morgan fingerprint density at radius 1 is 0.923 bits per heavy atom. The Kier molecular flexibility index (Phi) is 5.93. The lowest BCUT2D eigenvalue weighted by Gasteiger charge is -2.26. The zero-order chi connectivity index (χ0) is 19.3. The van der Waals surface area contributed by atoms with Crippen LogP contribution in [0.25, 0.3) is 0 Å². The van der Waals surface area contributed by atoms with Gasteiger partial charge in [0, 0.05) is 17.5 Å². The summed E-state index contributed by atoms with van der Waals surface area (Å²) in [6, 6.07) is 13.3. The molecule has 0 aromatic heterocycles. The van der Waals surface area contributed by atoms with E-state index in [1.165, 1.54) is 6.07 Å². The van der Waals surface area contributed by atoms with Crippen molar-refractivity contribution in [3.8, 4) is 0 Å². The Balaban J connectivity index is 2.40. The summed E-state index contributed by atoms with van der Waals surface area (Å²) in [5, 5.41) is 18.3. The van der Waals surface area contributed by atoms with Crippen molar-refractivity contribution in [2.24, 2.45) is 0 Å². The van der Waals surface area contributed by atoms with E-state index in [1.807, 2.05) is 13.8 Å². The lowest BCUT2D eigenvalue weighted by molar-refractivity contribution is -0.137. The summed E-state index contributed by atoms with van der Waals surface area (Å²) in [6.45, 7) is 3.92. The fourth-order valence-corrected chi connectivity index (χ4v) is 2.91. The van der Waals surface area contributed by atoms with Gasteiger partial charge in [-0.05, 0) is 36.0 Å². The molecule has 0 aliphatic carbocycles. The summed E-state index contributed by atoms with van der Waals surface area (Å²) >= 11 is 0. The van der Waals surface area contributed by atoms with Crippen LogP contribution in [0, 0.1) is 0 Å². The van der Waals surface area contributed by atoms with Gasteiger partial charge in [0.1, 0.15) is 0 Å². The Morgan fingerprint density at radius 2 is 1.58 bits per heavy atom. The van der Waals surface area contributed by atoms with Crippen LogP contribution in [-0.4, -0.2) is 27.9 Å². The SMILES string of the molecule is CC(C)(CCCC(=O)O)c1ccc(C(=O)O)c(C(=O)c2ccccc2)c1. The lowest BCUT2D eigenvalue weighted by Crippen LogP contribution is -2.20. The summed E-state index contributed by atoms with van der Waals surface area (Å²) in [5.74, 6) is -2.34. The van der Waals surface area contributed by atoms with E-state index >= 15 is 0 Å². The average Bonchev–Trinajstić information content (AvgIpc) is 2.60. The molecule has 5 nitrogen and oxygen atoms in total. The van der Waals surface area contributed by atoms with E-state index in [1.54, 1.807) is 42.5 Å². The Labute approximate surface area is 152 Å². The molecular weight excluding hydrogens is 332 g/mol. The largest absolute Gasteiger partial charge is 0.481 e. The number of ketones is 1. The first-order valence-electron chi connectivity index (χ1n) is 8.42. The normalized spacial score (nSPS) is 11.2. The molecule has 0 aliphatic heterocycles. The highest BCUT2D eigenvalue weighted by Gasteiger charge is 2.25. The van der Waals surface area contributed by atoms with Gasteiger partial charge in [-0.1, -0.05) is 50.2 Å². The van der Waals surface area contributed by atoms with Crippen molar-refractivity contribution in [1.82, 2.24) is 0 Å². The van der Waals surface area contributed by atoms with Crippen molar-refractivity contribution < 1.29 is 24.6 Å². The quantitative estimate of drug-likeness (QED) is 0.695. The minimum Gasteiger partial charge on any atom is -0.481 e. The number of carbonyl (C=O) groups excluding carboxylic acids is 1. The van der Waals surface area contributed by atoms with Crippen LogP contribution in [0.1, 0.15) is 65.0 Å². The number of benzene rings is 2. The summed E-state index contributed by atoms with van der Waals surface area (Å²) in [5.41, 5.74) is 0.970. The molecule has 0 heterocycles. The fourth-order valence-electron chi connectivity index (χ4n) is 2.91. The molecule has 0 saturated carbocycles. The molecule has 5 heteroatoms. The molecule has 0 radical (unpaired) electrons. The Bertz CT molecular complexity index is 822. The molecule has 0 atom stereocenters. The van der Waals surface area contributed by atoms with Crippen molar-refractivity contribution >= 4 is 17.7 Å². The molecule has 0 amide bonds. The second-order valence-corrected chi connectivity index (χ2v) is 6.89. The van der Waals surface area contributed by atoms with E-state index in [0.717, 1.165) is 5.56 Å². The minimum atomic E-state index is -1.15. The van der Waals surface area contributed by atoms with E-state index in [2.05, 4.69) is 0 Å². The maximum atomic E-state index is 12.8. The minimum absolute atomic E-state index is 0.0380. The highest BCUT2D eigenvalue weighted by molar-refractivity contribution is 6.14. The number of carboxylic acids is 2. The topological polar surface area (TPSA) is 91.7 Å². The van der Waals surface area contributed by atoms with E-state index < -0.39 is 11.9 Å². The number of aromatic carboxylic acids is 1. The summed E-state index contributed by atoms with van der Waals surface area (Å²) in [7, 11) is 0. The van der Waals surface area contributed by atoms with Crippen LogP contribution in [0.5, 0.6) is 0 Å². The monoisotopic (exact) mass is 354 g/mol. The summed E-state index contributed by atoms with van der Waals surface area (Å²) in [4.78, 5) is 35.1. The van der Waals surface area contributed by atoms with Gasteiger partial charge in [0.2, 0.25) is 0 Å². The number of hydrogen-bond donors (Lipinski definition) is 2. The van der Waals surface area contributed by atoms with E-state index in [0.29, 0.717) is 18.4 Å². The van der Waals surface area contributed by atoms with Gasteiger partial charge in [0.15, 0.2) is 5.78 Å². The number of rotatable bonds is 8. The first kappa shape index (κ1) is 19.4. The Morgan fingerprint density at radius 3 is 2.15 bits per heavy atom. The van der Waals surface area contributed by atoms with Crippen molar-refractivity contribution in [3.05, 3.63) is 70.8 Å². The van der Waals surface area contributed by atoms with Crippen molar-refractivity contribution in [2.45, 2.75) is 38.5 Å². The number of carbonyl (C=O) groups is 3. The molecule has 26 heavy (non-hydrogen) atoms. The van der Waals surface area contributed by atoms with E-state index in [4.69, 9.17) is 5.11 Å². The van der Waals surface area contributed by atoms with Gasteiger partial charge >= 0.3 is 11.9 Å². The van der Waals surface area contributed by atoms with Gasteiger partial charge in [-0.25, -0.2) is 4.79 Å². The number of hydrogen-bond acceptors (Lipinski definition) is 3. The zero-order valence-corrected chi connectivity index (χ0v) is 14.9. The smallest absolute Gasteiger partial charge is 0.336 e. The van der Waals surface area contributed by atoms with Crippen LogP contribution in [0.2, 0.25) is 0 Å². The maximum absolute atomic E-state index is 12.8. The highest BCUT2D eigenvalue weighted by atomic mass is 16.4. The second-order valence-electron chi connectivity index (χ2n) is 6.89. The maximum Gasteiger partial charge on any atom is 0.336 e. The molecule has 136 valence electrons. The third-order valence-corrected chi connectivity index (χ3v) is 4.50. The number of carboxylic acid groups (broad SMARTS) is 2. The first-order chi connectivity index (χ1) is 12.2. The van der Waals surface area contributed by atoms with E-state index in [-0.39, 0.29) is 28.7 Å². The van der Waals surface area contributed by atoms with Crippen LogP contribution >= 0.6 is 0 Å². The predicted molar refractivity (Wildman–Crippen MR) is 97.8 cm³/mol. The number of aliphatic carboxylic acids is 1. The lowest BCUT2D eigenvalue weighted by atomic mass is 9.78. The molecule has 2 N–H and O–H groups in total. The molecule has 0 aliphatic rings. The summed E-state index contributed by atoms with van der Waals surface area (Å²) < 4.78 is 0. The van der Waals surface area contributed by atoms with Gasteiger partial charge in [-0.15, -0.1) is 0 Å². The predicted octanol–water partition coefficient (Wildman–Crippen LogP) is 4.15. The molecule has 0 fully saturated rings. The molecule has 2 aromatic rings. The van der Waals surface area contributed by atoms with Gasteiger partial charge in [0.05, 0.1) is 5.56 Å². The van der Waals surface area contributed by atoms with Gasteiger partial charge < -0.3 is 10.2 Å². The van der Waals surface area contributed by atoms with Gasteiger partial charge in [0.25, 0.3) is 0 Å². The summed E-state index contributed by atoms with van der Waals surface area (Å²) in [6.07, 6.45) is 1.20. The third kappa shape index (κ3) is 4.57. The van der Waals surface area contributed by atoms with Crippen LogP contribution in [0.3, 0.4) is 0 Å². The molecular formula is C21H22O5. The van der Waals surface area contributed by atoms with Crippen molar-refractivity contribution in [2.75, 3.05) is 0 Å². The fraction of sp³-hybridized carbons (Fsp3) is 0.286. The zero-order valence-electron chi connectivity index (χ0n) is 14.9. The van der Waals surface area contributed by atoms with Gasteiger partial charge in [-0.2, -0.15) is 0 Å². The molecule has 0 saturated heterocycles. The van der Waals surface area contributed by atoms with Crippen LogP contribution in [-0.2, 0) is 10.2 Å². The molecule has 0 unspecified atom stereocenters. The van der Waals surface area contributed by atoms with Gasteiger partial charge in [-0.3, -0.25) is 9.59 Å². The molecule has 2 rings (SSSR count). The van der Waals surface area contributed by atoms with Crippen molar-refractivity contribution in [1.29, 1.82) is 0 Å².